The van der Waals surface area contributed by atoms with Crippen molar-refractivity contribution in [1.29, 1.82) is 0 Å². The van der Waals surface area contributed by atoms with E-state index in [0.29, 0.717) is 0 Å². The maximum atomic E-state index is 4.90. The zero-order valence-electron chi connectivity index (χ0n) is 17.1. The zero-order valence-corrected chi connectivity index (χ0v) is 17.1. The monoisotopic (exact) mass is 409 g/mol. The largest absolute Gasteiger partial charge is 0.372 e. The molecule has 1 aliphatic heterocycles. The van der Waals surface area contributed by atoms with Crippen LogP contribution in [-0.4, -0.2) is 37.7 Å². The Morgan fingerprint density at radius 2 is 1.84 bits per heavy atom. The first-order valence-corrected chi connectivity index (χ1v) is 10.7. The van der Waals surface area contributed by atoms with Crippen molar-refractivity contribution in [3.63, 3.8) is 0 Å². The molecule has 0 aliphatic carbocycles. The van der Waals surface area contributed by atoms with Crippen LogP contribution in [0, 0.1) is 0 Å². The summed E-state index contributed by atoms with van der Waals surface area (Å²) < 4.78 is 2.00. The van der Waals surface area contributed by atoms with Crippen molar-refractivity contribution in [3.8, 4) is 11.3 Å². The lowest BCUT2D eigenvalue weighted by molar-refractivity contribution is 0.578. The summed E-state index contributed by atoms with van der Waals surface area (Å²) in [6, 6.07) is 14.8. The third kappa shape index (κ3) is 3.38. The molecule has 1 aliphatic rings. The fourth-order valence-corrected chi connectivity index (χ4v) is 4.30. The van der Waals surface area contributed by atoms with Crippen LogP contribution >= 0.6 is 0 Å². The van der Waals surface area contributed by atoms with Gasteiger partial charge in [0.1, 0.15) is 0 Å². The molecular weight excluding hydrogens is 386 g/mol. The van der Waals surface area contributed by atoms with E-state index >= 15 is 0 Å². The van der Waals surface area contributed by atoms with Crippen molar-refractivity contribution in [1.82, 2.24) is 24.6 Å². The van der Waals surface area contributed by atoms with Gasteiger partial charge in [0.2, 0.25) is 0 Å². The molecule has 0 unspecified atom stereocenters. The Labute approximate surface area is 179 Å². The molecule has 0 amide bonds. The number of hydrogen-bond acceptors (Lipinski definition) is 5. The van der Waals surface area contributed by atoms with Gasteiger partial charge in [-0.3, -0.25) is 5.10 Å². The third-order valence-corrected chi connectivity index (χ3v) is 5.96. The molecule has 6 rings (SSSR count). The molecule has 0 radical (unpaired) electrons. The Kier molecular flexibility index (Phi) is 4.30. The number of rotatable bonds is 4. The molecule has 0 spiro atoms. The van der Waals surface area contributed by atoms with Gasteiger partial charge in [0, 0.05) is 54.0 Å². The summed E-state index contributed by atoms with van der Waals surface area (Å²) >= 11 is 0. The van der Waals surface area contributed by atoms with Gasteiger partial charge in [-0.25, -0.2) is 9.97 Å². The van der Waals surface area contributed by atoms with Gasteiger partial charge in [-0.2, -0.15) is 5.10 Å². The van der Waals surface area contributed by atoms with Gasteiger partial charge in [0.05, 0.1) is 17.4 Å². The normalized spacial score (nSPS) is 14.4. The summed E-state index contributed by atoms with van der Waals surface area (Å²) in [4.78, 5) is 11.9. The number of piperidine rings is 1. The number of imidazole rings is 1. The number of nitrogens with one attached hydrogen (secondary N) is 2. The van der Waals surface area contributed by atoms with Crippen LogP contribution in [0.15, 0.2) is 67.3 Å². The van der Waals surface area contributed by atoms with Crippen molar-refractivity contribution in [3.05, 3.63) is 67.3 Å². The zero-order chi connectivity index (χ0) is 20.6. The van der Waals surface area contributed by atoms with Crippen LogP contribution < -0.4 is 10.2 Å². The number of benzene rings is 2. The molecule has 0 bridgehead atoms. The first kappa shape index (κ1) is 17.9. The lowest BCUT2D eigenvalue weighted by Gasteiger charge is -2.28. The van der Waals surface area contributed by atoms with Crippen molar-refractivity contribution >= 4 is 33.7 Å². The van der Waals surface area contributed by atoms with E-state index in [2.05, 4.69) is 67.9 Å². The predicted octanol–water partition coefficient (Wildman–Crippen LogP) is 5.01. The van der Waals surface area contributed by atoms with Crippen LogP contribution in [0.5, 0.6) is 0 Å². The summed E-state index contributed by atoms with van der Waals surface area (Å²) in [5.41, 5.74) is 5.97. The van der Waals surface area contributed by atoms with Crippen molar-refractivity contribution in [2.24, 2.45) is 0 Å². The van der Waals surface area contributed by atoms with Gasteiger partial charge in [-0.15, -0.1) is 0 Å². The fourth-order valence-electron chi connectivity index (χ4n) is 4.30. The van der Waals surface area contributed by atoms with Crippen LogP contribution in [0.4, 0.5) is 17.2 Å². The minimum atomic E-state index is 0.734. The minimum absolute atomic E-state index is 0.734. The lowest BCUT2D eigenvalue weighted by Crippen LogP contribution is -2.29. The SMILES string of the molecule is c1cn2cc(-c3ccc4cn[nH]c4c3)nc(Nc3ccc(N4CCCCC4)cc3)c2n1. The Morgan fingerprint density at radius 1 is 0.968 bits per heavy atom. The molecule has 0 atom stereocenters. The maximum Gasteiger partial charge on any atom is 0.180 e. The molecule has 31 heavy (non-hydrogen) atoms. The highest BCUT2D eigenvalue weighted by Crippen LogP contribution is 2.28. The van der Waals surface area contributed by atoms with Crippen LogP contribution in [0.25, 0.3) is 27.8 Å². The molecule has 7 heteroatoms. The van der Waals surface area contributed by atoms with Crippen molar-refractivity contribution in [2.45, 2.75) is 19.3 Å². The van der Waals surface area contributed by atoms with Crippen LogP contribution in [0.1, 0.15) is 19.3 Å². The van der Waals surface area contributed by atoms with E-state index in [1.165, 1.54) is 24.9 Å². The van der Waals surface area contributed by atoms with Gasteiger partial charge >= 0.3 is 0 Å². The standard InChI is InChI=1S/C24H23N7/c1-2-11-30(12-3-1)20-8-6-19(7-9-20)27-23-24-25-10-13-31(24)16-22(28-23)17-4-5-18-15-26-29-21(18)14-17/h4-10,13-16H,1-3,11-12H2,(H,26,29)(H,27,28). The summed E-state index contributed by atoms with van der Waals surface area (Å²) in [6.45, 7) is 2.29. The first-order chi connectivity index (χ1) is 15.3. The van der Waals surface area contributed by atoms with Crippen LogP contribution in [0.3, 0.4) is 0 Å². The molecule has 154 valence electrons. The van der Waals surface area contributed by atoms with Crippen LogP contribution in [0.2, 0.25) is 0 Å². The topological polar surface area (TPSA) is 74.1 Å². The molecule has 0 saturated carbocycles. The molecule has 5 aromatic rings. The molecule has 1 fully saturated rings. The molecule has 7 nitrogen and oxygen atoms in total. The van der Waals surface area contributed by atoms with E-state index in [-0.39, 0.29) is 0 Å². The molecule has 3 aromatic heterocycles. The van der Waals surface area contributed by atoms with E-state index in [4.69, 9.17) is 4.98 Å². The molecule has 2 aromatic carbocycles. The number of fused-ring (bicyclic) bond motifs is 2. The average molecular weight is 409 g/mol. The second kappa shape index (κ2) is 7.43. The maximum absolute atomic E-state index is 4.90. The van der Waals surface area contributed by atoms with Gasteiger partial charge in [-0.1, -0.05) is 12.1 Å². The van der Waals surface area contributed by atoms with E-state index in [1.807, 2.05) is 23.0 Å². The van der Waals surface area contributed by atoms with E-state index in [1.54, 1.807) is 6.20 Å². The van der Waals surface area contributed by atoms with Crippen molar-refractivity contribution < 1.29 is 0 Å². The number of aromatic amines is 1. The number of H-pyrrole nitrogens is 1. The summed E-state index contributed by atoms with van der Waals surface area (Å²) in [5, 5.41) is 11.7. The molecular formula is C24H23N7. The summed E-state index contributed by atoms with van der Waals surface area (Å²) in [5.74, 6) is 0.734. The Bertz CT molecular complexity index is 1340. The van der Waals surface area contributed by atoms with Crippen molar-refractivity contribution in [2.75, 3.05) is 23.3 Å². The second-order valence-electron chi connectivity index (χ2n) is 8.02. The third-order valence-electron chi connectivity index (χ3n) is 5.96. The van der Waals surface area contributed by atoms with Gasteiger partial charge in [0.15, 0.2) is 11.5 Å². The number of nitrogens with zero attached hydrogens (tertiary/aromatic N) is 5. The number of aromatic nitrogens is 5. The number of hydrogen-bond donors (Lipinski definition) is 2. The van der Waals surface area contributed by atoms with E-state index < -0.39 is 0 Å². The summed E-state index contributed by atoms with van der Waals surface area (Å²) in [7, 11) is 0. The molecule has 2 N–H and O–H groups in total. The predicted molar refractivity (Wildman–Crippen MR) is 124 cm³/mol. The molecule has 1 saturated heterocycles. The second-order valence-corrected chi connectivity index (χ2v) is 8.02. The highest BCUT2D eigenvalue weighted by Gasteiger charge is 2.13. The first-order valence-electron chi connectivity index (χ1n) is 10.7. The minimum Gasteiger partial charge on any atom is -0.372 e. The van der Waals surface area contributed by atoms with E-state index in [0.717, 1.165) is 52.4 Å². The van der Waals surface area contributed by atoms with Crippen LogP contribution in [-0.2, 0) is 0 Å². The van der Waals surface area contributed by atoms with E-state index in [9.17, 15) is 0 Å². The molecule has 4 heterocycles. The van der Waals surface area contributed by atoms with Gasteiger partial charge in [-0.05, 0) is 49.6 Å². The highest BCUT2D eigenvalue weighted by molar-refractivity contribution is 5.84. The quantitative estimate of drug-likeness (QED) is 0.437. The van der Waals surface area contributed by atoms with Gasteiger partial charge < -0.3 is 14.6 Å². The highest BCUT2D eigenvalue weighted by atomic mass is 15.1. The smallest absolute Gasteiger partial charge is 0.180 e. The van der Waals surface area contributed by atoms with Gasteiger partial charge in [0.25, 0.3) is 0 Å². The average Bonchev–Trinajstić information content (AvgIpc) is 3.49. The summed E-state index contributed by atoms with van der Waals surface area (Å²) in [6.07, 6.45) is 11.5. The Morgan fingerprint density at radius 3 is 2.71 bits per heavy atom. The fraction of sp³-hybridized carbons (Fsp3) is 0.208. The lowest BCUT2D eigenvalue weighted by atomic mass is 10.1. The number of anilines is 3. The Balaban J connectivity index is 1.33. The Hall–Kier alpha value is -3.87.